The van der Waals surface area contributed by atoms with E-state index in [4.69, 9.17) is 9.47 Å². The molecule has 0 aliphatic carbocycles. The lowest BCUT2D eigenvalue weighted by atomic mass is 9.93. The van der Waals surface area contributed by atoms with E-state index in [-0.39, 0.29) is 24.5 Å². The highest BCUT2D eigenvalue weighted by atomic mass is 16.5. The maximum Gasteiger partial charge on any atom is 0.295 e. The van der Waals surface area contributed by atoms with E-state index in [9.17, 15) is 14.7 Å². The highest BCUT2D eigenvalue weighted by molar-refractivity contribution is 6.46. The number of aliphatic hydroxyl groups is 1. The first-order valence-corrected chi connectivity index (χ1v) is 9.90. The summed E-state index contributed by atoms with van der Waals surface area (Å²) in [6.07, 6.45) is 0. The summed E-state index contributed by atoms with van der Waals surface area (Å²) in [7, 11) is 3.09. The standard InChI is InChI=1S/C24H27NO5/c1-15(2)16-5-7-17(8-6-16)21-20(23(27)24(28)25(21)13-14-29-3)22(26)18-9-11-19(30-4)12-10-18/h5-12,15,21,26H,13-14H2,1-4H3/t21-/m1/s1. The molecular formula is C24H27NO5. The fourth-order valence-corrected chi connectivity index (χ4v) is 3.61. The SMILES string of the molecule is COCCN1C(=O)C(=O)C(=C(O)c2ccc(OC)cc2)[C@H]1c1ccc(C(C)C)cc1. The van der Waals surface area contributed by atoms with Gasteiger partial charge in [0.2, 0.25) is 0 Å². The Morgan fingerprint density at radius 3 is 2.20 bits per heavy atom. The quantitative estimate of drug-likeness (QED) is 0.427. The monoisotopic (exact) mass is 409 g/mol. The van der Waals surface area contributed by atoms with Crippen molar-refractivity contribution in [2.75, 3.05) is 27.4 Å². The summed E-state index contributed by atoms with van der Waals surface area (Å²) in [5.41, 5.74) is 2.45. The predicted molar refractivity (Wildman–Crippen MR) is 114 cm³/mol. The van der Waals surface area contributed by atoms with Crippen molar-refractivity contribution in [1.29, 1.82) is 0 Å². The van der Waals surface area contributed by atoms with Crippen LogP contribution in [0.5, 0.6) is 5.75 Å². The normalized spacial score (nSPS) is 18.3. The number of hydrogen-bond donors (Lipinski definition) is 1. The Morgan fingerprint density at radius 1 is 1.03 bits per heavy atom. The molecule has 0 radical (unpaired) electrons. The first-order valence-electron chi connectivity index (χ1n) is 9.90. The zero-order chi connectivity index (χ0) is 21.8. The van der Waals surface area contributed by atoms with Gasteiger partial charge in [-0.25, -0.2) is 0 Å². The van der Waals surface area contributed by atoms with Gasteiger partial charge in [-0.05, 0) is 41.3 Å². The van der Waals surface area contributed by atoms with E-state index >= 15 is 0 Å². The molecule has 3 rings (SSSR count). The number of likely N-dealkylation sites (tertiary alicyclic amines) is 1. The van der Waals surface area contributed by atoms with Crippen LogP contribution in [0.3, 0.4) is 0 Å². The molecule has 1 aliphatic rings. The van der Waals surface area contributed by atoms with Gasteiger partial charge in [-0.1, -0.05) is 38.1 Å². The Balaban J connectivity index is 2.11. The second-order valence-corrected chi connectivity index (χ2v) is 7.54. The van der Waals surface area contributed by atoms with Gasteiger partial charge in [0.05, 0.1) is 25.3 Å². The maximum absolute atomic E-state index is 12.9. The van der Waals surface area contributed by atoms with E-state index in [0.717, 1.165) is 11.1 Å². The third kappa shape index (κ3) is 4.09. The first-order chi connectivity index (χ1) is 14.4. The van der Waals surface area contributed by atoms with Gasteiger partial charge in [-0.2, -0.15) is 0 Å². The van der Waals surface area contributed by atoms with Crippen molar-refractivity contribution < 1.29 is 24.2 Å². The van der Waals surface area contributed by atoms with Gasteiger partial charge >= 0.3 is 0 Å². The molecule has 1 saturated heterocycles. The molecule has 6 heteroatoms. The molecule has 158 valence electrons. The number of methoxy groups -OCH3 is 2. The summed E-state index contributed by atoms with van der Waals surface area (Å²) in [5, 5.41) is 11.0. The van der Waals surface area contributed by atoms with Crippen LogP contribution in [-0.2, 0) is 14.3 Å². The van der Waals surface area contributed by atoms with E-state index in [1.807, 2.05) is 24.3 Å². The van der Waals surface area contributed by atoms with Gasteiger partial charge in [0, 0.05) is 19.2 Å². The van der Waals surface area contributed by atoms with Gasteiger partial charge in [-0.3, -0.25) is 9.59 Å². The zero-order valence-electron chi connectivity index (χ0n) is 17.7. The average Bonchev–Trinajstić information content (AvgIpc) is 3.02. The zero-order valence-corrected chi connectivity index (χ0v) is 17.7. The Hall–Kier alpha value is -3.12. The summed E-state index contributed by atoms with van der Waals surface area (Å²) < 4.78 is 10.3. The van der Waals surface area contributed by atoms with Crippen LogP contribution < -0.4 is 4.74 Å². The van der Waals surface area contributed by atoms with Crippen LogP contribution in [0.15, 0.2) is 54.1 Å². The summed E-state index contributed by atoms with van der Waals surface area (Å²) in [5.74, 6) is -0.544. The molecule has 6 nitrogen and oxygen atoms in total. The molecule has 1 amide bonds. The summed E-state index contributed by atoms with van der Waals surface area (Å²) >= 11 is 0. The number of carbonyl (C=O) groups is 2. The lowest BCUT2D eigenvalue weighted by molar-refractivity contribution is -0.140. The summed E-state index contributed by atoms with van der Waals surface area (Å²) in [6, 6.07) is 13.8. The first kappa shape index (κ1) is 21.6. The number of nitrogens with zero attached hydrogens (tertiary/aromatic N) is 1. The largest absolute Gasteiger partial charge is 0.507 e. The predicted octanol–water partition coefficient (Wildman–Crippen LogP) is 3.89. The molecule has 0 bridgehead atoms. The molecule has 0 spiro atoms. The third-order valence-electron chi connectivity index (χ3n) is 5.36. The van der Waals surface area contributed by atoms with Gasteiger partial charge < -0.3 is 19.5 Å². The minimum Gasteiger partial charge on any atom is -0.507 e. The fourth-order valence-electron chi connectivity index (χ4n) is 3.61. The van der Waals surface area contributed by atoms with Crippen LogP contribution >= 0.6 is 0 Å². The lowest BCUT2D eigenvalue weighted by Crippen LogP contribution is -2.32. The van der Waals surface area contributed by atoms with Crippen molar-refractivity contribution in [2.45, 2.75) is 25.8 Å². The van der Waals surface area contributed by atoms with E-state index < -0.39 is 17.7 Å². The van der Waals surface area contributed by atoms with Crippen molar-refractivity contribution in [1.82, 2.24) is 4.90 Å². The van der Waals surface area contributed by atoms with Crippen molar-refractivity contribution in [3.05, 3.63) is 70.8 Å². The van der Waals surface area contributed by atoms with Crippen LogP contribution in [0.2, 0.25) is 0 Å². The number of rotatable bonds is 7. The molecule has 1 fully saturated rings. The molecule has 1 atom stereocenters. The van der Waals surface area contributed by atoms with Crippen molar-refractivity contribution in [3.63, 3.8) is 0 Å². The molecule has 2 aromatic rings. The third-order valence-corrected chi connectivity index (χ3v) is 5.36. The number of aliphatic hydroxyl groups excluding tert-OH is 1. The Kier molecular flexibility index (Phi) is 6.57. The maximum atomic E-state index is 12.9. The second kappa shape index (κ2) is 9.13. The number of ether oxygens (including phenoxy) is 2. The van der Waals surface area contributed by atoms with Gasteiger partial charge in [0.25, 0.3) is 11.7 Å². The fraction of sp³-hybridized carbons (Fsp3) is 0.333. The van der Waals surface area contributed by atoms with E-state index in [0.29, 0.717) is 17.2 Å². The number of hydrogen-bond acceptors (Lipinski definition) is 5. The minimum absolute atomic E-state index is 0.0820. The molecule has 0 aromatic heterocycles. The molecule has 1 aliphatic heterocycles. The lowest BCUT2D eigenvalue weighted by Gasteiger charge is -2.25. The number of amides is 1. The molecule has 0 unspecified atom stereocenters. The van der Waals surface area contributed by atoms with Crippen LogP contribution in [0, 0.1) is 0 Å². The number of carbonyl (C=O) groups excluding carboxylic acids is 2. The van der Waals surface area contributed by atoms with E-state index in [1.165, 1.54) is 4.90 Å². The highest BCUT2D eigenvalue weighted by Crippen LogP contribution is 2.39. The molecule has 0 saturated carbocycles. The van der Waals surface area contributed by atoms with E-state index in [1.54, 1.807) is 38.5 Å². The highest BCUT2D eigenvalue weighted by Gasteiger charge is 2.45. The van der Waals surface area contributed by atoms with Gasteiger partial charge in [-0.15, -0.1) is 0 Å². The topological polar surface area (TPSA) is 76.1 Å². The Labute approximate surface area is 176 Å². The minimum atomic E-state index is -0.697. The molecule has 1 heterocycles. The number of ketones is 1. The Bertz CT molecular complexity index is 945. The smallest absolute Gasteiger partial charge is 0.295 e. The Morgan fingerprint density at radius 2 is 1.67 bits per heavy atom. The number of Topliss-reactive ketones (excluding diaryl/α,β-unsaturated/α-hetero) is 1. The van der Waals surface area contributed by atoms with Crippen molar-refractivity contribution >= 4 is 17.4 Å². The van der Waals surface area contributed by atoms with Gasteiger partial charge in [0.1, 0.15) is 11.5 Å². The van der Waals surface area contributed by atoms with Crippen LogP contribution in [0.25, 0.3) is 5.76 Å². The number of benzene rings is 2. The van der Waals surface area contributed by atoms with Gasteiger partial charge in [0.15, 0.2) is 0 Å². The summed E-state index contributed by atoms with van der Waals surface area (Å²) in [4.78, 5) is 27.1. The molecule has 1 N–H and O–H groups in total. The second-order valence-electron chi connectivity index (χ2n) is 7.54. The molecular weight excluding hydrogens is 382 g/mol. The summed E-state index contributed by atoms with van der Waals surface area (Å²) in [6.45, 7) is 4.74. The van der Waals surface area contributed by atoms with E-state index in [2.05, 4.69) is 13.8 Å². The van der Waals surface area contributed by atoms with Crippen LogP contribution in [-0.4, -0.2) is 49.1 Å². The molecule has 30 heavy (non-hydrogen) atoms. The van der Waals surface area contributed by atoms with Crippen molar-refractivity contribution in [2.24, 2.45) is 0 Å². The van der Waals surface area contributed by atoms with Crippen LogP contribution in [0.1, 0.15) is 42.5 Å². The average molecular weight is 409 g/mol. The molecule has 2 aromatic carbocycles. The van der Waals surface area contributed by atoms with Crippen LogP contribution in [0.4, 0.5) is 0 Å². The van der Waals surface area contributed by atoms with Crippen molar-refractivity contribution in [3.8, 4) is 5.75 Å².